The molecule has 2 aromatic rings. The SMILES string of the molecule is CCC(C)c1ccc(-c2cscn2)cc1CN. The Morgan fingerprint density at radius 3 is 2.82 bits per heavy atom. The van der Waals surface area contributed by atoms with Gasteiger partial charge in [-0.1, -0.05) is 26.0 Å². The zero-order valence-electron chi connectivity index (χ0n) is 10.3. The van der Waals surface area contributed by atoms with E-state index in [1.165, 1.54) is 16.7 Å². The molecular formula is C14H18N2S. The second kappa shape index (κ2) is 5.43. The van der Waals surface area contributed by atoms with Crippen LogP contribution < -0.4 is 5.73 Å². The molecule has 2 N–H and O–H groups in total. The number of nitrogens with zero attached hydrogens (tertiary/aromatic N) is 1. The molecule has 0 bridgehead atoms. The predicted octanol–water partition coefficient (Wildman–Crippen LogP) is 3.78. The molecule has 1 aromatic heterocycles. The fraction of sp³-hybridized carbons (Fsp3) is 0.357. The highest BCUT2D eigenvalue weighted by molar-refractivity contribution is 7.07. The molecule has 2 nitrogen and oxygen atoms in total. The number of rotatable bonds is 4. The van der Waals surface area contributed by atoms with Crippen LogP contribution in [0.25, 0.3) is 11.3 Å². The molecule has 0 spiro atoms. The van der Waals surface area contributed by atoms with E-state index in [2.05, 4.69) is 42.4 Å². The minimum absolute atomic E-state index is 0.568. The predicted molar refractivity (Wildman–Crippen MR) is 74.1 cm³/mol. The summed E-state index contributed by atoms with van der Waals surface area (Å²) in [6.07, 6.45) is 1.14. The van der Waals surface area contributed by atoms with Crippen molar-refractivity contribution in [2.75, 3.05) is 0 Å². The summed E-state index contributed by atoms with van der Waals surface area (Å²) in [6, 6.07) is 6.53. The largest absolute Gasteiger partial charge is 0.326 e. The molecule has 0 aliphatic carbocycles. The van der Waals surface area contributed by atoms with Gasteiger partial charge in [-0.05, 0) is 29.5 Å². The maximum atomic E-state index is 5.85. The summed E-state index contributed by atoms with van der Waals surface area (Å²) in [6.45, 7) is 5.05. The maximum Gasteiger partial charge on any atom is 0.0811 e. The first kappa shape index (κ1) is 12.3. The molecule has 0 saturated heterocycles. The van der Waals surface area contributed by atoms with Gasteiger partial charge in [0.05, 0.1) is 11.2 Å². The van der Waals surface area contributed by atoms with E-state index in [1.807, 2.05) is 5.51 Å². The Kier molecular flexibility index (Phi) is 3.92. The number of thiazole rings is 1. The summed E-state index contributed by atoms with van der Waals surface area (Å²) in [5.74, 6) is 0.568. The fourth-order valence-electron chi connectivity index (χ4n) is 2.00. The lowest BCUT2D eigenvalue weighted by Gasteiger charge is -2.15. The average molecular weight is 246 g/mol. The zero-order chi connectivity index (χ0) is 12.3. The van der Waals surface area contributed by atoms with Crippen molar-refractivity contribution in [3.63, 3.8) is 0 Å². The first-order chi connectivity index (χ1) is 8.26. The van der Waals surface area contributed by atoms with E-state index in [-0.39, 0.29) is 0 Å². The Morgan fingerprint density at radius 2 is 2.24 bits per heavy atom. The molecule has 0 amide bonds. The van der Waals surface area contributed by atoms with Crippen LogP contribution in [0, 0.1) is 0 Å². The van der Waals surface area contributed by atoms with E-state index in [1.54, 1.807) is 11.3 Å². The minimum Gasteiger partial charge on any atom is -0.326 e. The van der Waals surface area contributed by atoms with Gasteiger partial charge >= 0.3 is 0 Å². The third-order valence-electron chi connectivity index (χ3n) is 3.23. The lowest BCUT2D eigenvalue weighted by Crippen LogP contribution is -2.04. The summed E-state index contributed by atoms with van der Waals surface area (Å²) in [7, 11) is 0. The molecule has 1 unspecified atom stereocenters. The van der Waals surface area contributed by atoms with Gasteiger partial charge in [0.1, 0.15) is 0 Å². The Morgan fingerprint density at radius 1 is 1.41 bits per heavy atom. The van der Waals surface area contributed by atoms with Gasteiger partial charge in [0, 0.05) is 17.5 Å². The lowest BCUT2D eigenvalue weighted by molar-refractivity contribution is 0.722. The number of nitrogens with two attached hydrogens (primary N) is 1. The molecule has 2 rings (SSSR count). The molecule has 1 aromatic carbocycles. The average Bonchev–Trinajstić information content (AvgIpc) is 2.91. The van der Waals surface area contributed by atoms with Crippen molar-refractivity contribution in [2.24, 2.45) is 5.73 Å². The first-order valence-corrected chi connectivity index (χ1v) is 6.92. The molecule has 0 aliphatic rings. The van der Waals surface area contributed by atoms with E-state index in [0.29, 0.717) is 12.5 Å². The molecule has 3 heteroatoms. The van der Waals surface area contributed by atoms with Crippen LogP contribution in [-0.2, 0) is 6.54 Å². The van der Waals surface area contributed by atoms with Gasteiger partial charge in [0.2, 0.25) is 0 Å². The second-order valence-electron chi connectivity index (χ2n) is 4.30. The highest BCUT2D eigenvalue weighted by Crippen LogP contribution is 2.27. The molecule has 0 radical (unpaired) electrons. The van der Waals surface area contributed by atoms with Crippen molar-refractivity contribution < 1.29 is 0 Å². The van der Waals surface area contributed by atoms with Gasteiger partial charge in [-0.25, -0.2) is 4.98 Å². The third kappa shape index (κ3) is 2.56. The van der Waals surface area contributed by atoms with Crippen molar-refractivity contribution in [3.8, 4) is 11.3 Å². The Balaban J connectivity index is 2.41. The number of hydrogen-bond donors (Lipinski definition) is 1. The minimum atomic E-state index is 0.568. The Hall–Kier alpha value is -1.19. The highest BCUT2D eigenvalue weighted by Gasteiger charge is 2.10. The van der Waals surface area contributed by atoms with E-state index < -0.39 is 0 Å². The van der Waals surface area contributed by atoms with Crippen LogP contribution in [-0.4, -0.2) is 4.98 Å². The number of hydrogen-bond acceptors (Lipinski definition) is 3. The normalized spacial score (nSPS) is 12.6. The summed E-state index contributed by atoms with van der Waals surface area (Å²) in [5, 5.41) is 2.07. The van der Waals surface area contributed by atoms with Crippen LogP contribution in [0.1, 0.15) is 37.3 Å². The molecule has 1 atom stereocenters. The van der Waals surface area contributed by atoms with Gasteiger partial charge in [-0.15, -0.1) is 11.3 Å². The fourth-order valence-corrected chi connectivity index (χ4v) is 2.56. The van der Waals surface area contributed by atoms with Gasteiger partial charge in [-0.3, -0.25) is 0 Å². The van der Waals surface area contributed by atoms with Gasteiger partial charge in [0.15, 0.2) is 0 Å². The topological polar surface area (TPSA) is 38.9 Å². The van der Waals surface area contributed by atoms with Crippen LogP contribution in [0.2, 0.25) is 0 Å². The second-order valence-corrected chi connectivity index (χ2v) is 5.02. The number of aromatic nitrogens is 1. The van der Waals surface area contributed by atoms with E-state index in [9.17, 15) is 0 Å². The van der Waals surface area contributed by atoms with Crippen LogP contribution >= 0.6 is 11.3 Å². The Labute approximate surface area is 107 Å². The van der Waals surface area contributed by atoms with Crippen LogP contribution in [0.15, 0.2) is 29.1 Å². The summed E-state index contributed by atoms with van der Waals surface area (Å²) in [5.41, 5.74) is 12.5. The van der Waals surface area contributed by atoms with Crippen molar-refractivity contribution >= 4 is 11.3 Å². The lowest BCUT2D eigenvalue weighted by atomic mass is 9.92. The van der Waals surface area contributed by atoms with Crippen LogP contribution in [0.4, 0.5) is 0 Å². The first-order valence-electron chi connectivity index (χ1n) is 5.97. The summed E-state index contributed by atoms with van der Waals surface area (Å²) in [4.78, 5) is 4.33. The monoisotopic (exact) mass is 246 g/mol. The Bertz CT molecular complexity index is 477. The zero-order valence-corrected chi connectivity index (χ0v) is 11.1. The summed E-state index contributed by atoms with van der Waals surface area (Å²) < 4.78 is 0. The smallest absolute Gasteiger partial charge is 0.0811 e. The molecular weight excluding hydrogens is 228 g/mol. The third-order valence-corrected chi connectivity index (χ3v) is 3.82. The van der Waals surface area contributed by atoms with Crippen molar-refractivity contribution in [1.29, 1.82) is 0 Å². The molecule has 1 heterocycles. The van der Waals surface area contributed by atoms with Gasteiger partial charge in [0.25, 0.3) is 0 Å². The molecule has 0 fully saturated rings. The van der Waals surface area contributed by atoms with Gasteiger partial charge in [-0.2, -0.15) is 0 Å². The van der Waals surface area contributed by atoms with E-state index in [4.69, 9.17) is 5.73 Å². The van der Waals surface area contributed by atoms with E-state index in [0.717, 1.165) is 12.1 Å². The molecule has 17 heavy (non-hydrogen) atoms. The van der Waals surface area contributed by atoms with Crippen molar-refractivity contribution in [1.82, 2.24) is 4.98 Å². The number of benzene rings is 1. The van der Waals surface area contributed by atoms with Crippen molar-refractivity contribution in [3.05, 3.63) is 40.2 Å². The molecule has 0 saturated carbocycles. The van der Waals surface area contributed by atoms with Gasteiger partial charge < -0.3 is 5.73 Å². The quantitative estimate of drug-likeness (QED) is 0.891. The standard InChI is InChI=1S/C14H18N2S/c1-3-10(2)13-5-4-11(6-12(13)7-15)14-8-17-9-16-14/h4-6,8-10H,3,7,15H2,1-2H3. The van der Waals surface area contributed by atoms with E-state index >= 15 is 0 Å². The maximum absolute atomic E-state index is 5.85. The molecule has 90 valence electrons. The van der Waals surface area contributed by atoms with Crippen molar-refractivity contribution in [2.45, 2.75) is 32.7 Å². The highest BCUT2D eigenvalue weighted by atomic mass is 32.1. The summed E-state index contributed by atoms with van der Waals surface area (Å²) >= 11 is 1.62. The van der Waals surface area contributed by atoms with Crippen LogP contribution in [0.5, 0.6) is 0 Å². The molecule has 0 aliphatic heterocycles. The van der Waals surface area contributed by atoms with Crippen LogP contribution in [0.3, 0.4) is 0 Å².